The number of guanidine groups is 2. The van der Waals surface area contributed by atoms with E-state index in [1.165, 1.54) is 12.1 Å². The number of alkyl halides is 3. The molecule has 15 N–H and O–H groups in total. The van der Waals surface area contributed by atoms with Crippen LogP contribution in [0.5, 0.6) is 5.75 Å². The number of rotatable bonds is 12. The molecule has 19 nitrogen and oxygen atoms in total. The lowest BCUT2D eigenvalue weighted by atomic mass is 10.0. The normalized spacial score (nSPS) is 19.0. The minimum Gasteiger partial charge on any atom is -0.508 e. The summed E-state index contributed by atoms with van der Waals surface area (Å²) in [5.41, 5.74) is 23.2. The van der Waals surface area contributed by atoms with Gasteiger partial charge in [-0.05, 0) is 59.7 Å². The molecule has 60 heavy (non-hydrogen) atoms. The van der Waals surface area contributed by atoms with E-state index in [1.54, 1.807) is 12.1 Å². The van der Waals surface area contributed by atoms with Crippen LogP contribution in [0.2, 0.25) is 0 Å². The van der Waals surface area contributed by atoms with E-state index < -0.39 is 72.4 Å². The van der Waals surface area contributed by atoms with Crippen molar-refractivity contribution in [1.82, 2.24) is 26.6 Å². The van der Waals surface area contributed by atoms with Crippen LogP contribution in [-0.4, -0.2) is 108 Å². The van der Waals surface area contributed by atoms with Gasteiger partial charge in [-0.2, -0.15) is 13.2 Å². The summed E-state index contributed by atoms with van der Waals surface area (Å²) >= 11 is 0. The number of hydrogen-bond acceptors (Lipinski definition) is 9. The number of carbonyl (C=O) groups is 6. The molecule has 0 bridgehead atoms. The van der Waals surface area contributed by atoms with Crippen LogP contribution >= 0.6 is 0 Å². The SMILES string of the molecule is NC(N)=NCCCC1NC(=O)C(Cc2ccc(O)cc2)NC(=O)CNC(=O)C(Cc2ccc3ccccc3c2)NC(=O)C(CCCN=C(N)N)NC1=O.O=C(O)C(F)(F)F. The highest BCUT2D eigenvalue weighted by Crippen LogP contribution is 2.18. The first kappa shape index (κ1) is 47.2. The molecule has 4 rings (SSSR count). The Morgan fingerprint density at radius 3 is 1.62 bits per heavy atom. The number of carbonyl (C=O) groups excluding carboxylic acids is 5. The molecule has 5 amide bonds. The van der Waals surface area contributed by atoms with Crippen LogP contribution in [0.15, 0.2) is 76.7 Å². The highest BCUT2D eigenvalue weighted by atomic mass is 19.4. The Labute approximate surface area is 341 Å². The quantitative estimate of drug-likeness (QED) is 0.0603. The van der Waals surface area contributed by atoms with E-state index in [0.29, 0.717) is 5.56 Å². The summed E-state index contributed by atoms with van der Waals surface area (Å²) in [6, 6.07) is 14.7. The van der Waals surface area contributed by atoms with Crippen LogP contribution in [0.3, 0.4) is 0 Å². The maximum atomic E-state index is 13.9. The number of hydrogen-bond donors (Lipinski definition) is 11. The number of aliphatic carboxylic acids is 1. The predicted octanol–water partition coefficient (Wildman–Crippen LogP) is -0.860. The van der Waals surface area contributed by atoms with Gasteiger partial charge in [0.2, 0.25) is 29.5 Å². The smallest absolute Gasteiger partial charge is 0.490 e. The van der Waals surface area contributed by atoms with E-state index in [1.807, 2.05) is 42.5 Å². The number of carboxylic acids is 1. The topological polar surface area (TPSA) is 332 Å². The molecule has 4 atom stereocenters. The summed E-state index contributed by atoms with van der Waals surface area (Å²) in [6.45, 7) is -0.194. The third-order valence-electron chi connectivity index (χ3n) is 8.74. The maximum absolute atomic E-state index is 13.9. The molecule has 1 saturated heterocycles. The summed E-state index contributed by atoms with van der Waals surface area (Å²) in [5, 5.41) is 32.2. The van der Waals surface area contributed by atoms with Crippen molar-refractivity contribution in [3.05, 3.63) is 77.9 Å². The van der Waals surface area contributed by atoms with Crippen molar-refractivity contribution >= 4 is 58.2 Å². The fraction of sp³-hybridized carbons (Fsp3) is 0.368. The number of benzene rings is 3. The highest BCUT2D eigenvalue weighted by molar-refractivity contribution is 5.97. The zero-order chi connectivity index (χ0) is 44.4. The van der Waals surface area contributed by atoms with Crippen molar-refractivity contribution in [3.8, 4) is 5.75 Å². The largest absolute Gasteiger partial charge is 0.508 e. The van der Waals surface area contributed by atoms with Gasteiger partial charge >= 0.3 is 12.1 Å². The zero-order valence-corrected chi connectivity index (χ0v) is 32.2. The predicted molar refractivity (Wildman–Crippen MR) is 214 cm³/mol. The molecule has 0 saturated carbocycles. The minimum absolute atomic E-state index is 0.00775. The summed E-state index contributed by atoms with van der Waals surface area (Å²) in [5.74, 6) is -6.42. The molecule has 1 fully saturated rings. The van der Waals surface area contributed by atoms with Gasteiger partial charge in [0.25, 0.3) is 0 Å². The van der Waals surface area contributed by atoms with E-state index in [-0.39, 0.29) is 69.3 Å². The highest BCUT2D eigenvalue weighted by Gasteiger charge is 2.38. The van der Waals surface area contributed by atoms with E-state index in [2.05, 4.69) is 36.6 Å². The van der Waals surface area contributed by atoms with Gasteiger partial charge in [0, 0.05) is 25.9 Å². The fourth-order valence-electron chi connectivity index (χ4n) is 5.79. The maximum Gasteiger partial charge on any atom is 0.490 e. The second kappa shape index (κ2) is 22.7. The van der Waals surface area contributed by atoms with Crippen LogP contribution in [0, 0.1) is 0 Å². The van der Waals surface area contributed by atoms with E-state index in [0.717, 1.165) is 16.3 Å². The van der Waals surface area contributed by atoms with Gasteiger partial charge in [-0.25, -0.2) is 4.79 Å². The third-order valence-corrected chi connectivity index (χ3v) is 8.74. The standard InChI is InChI=1S/C36H47N11O6.C2HF3O2/c37-35(38)41-15-3-7-26-32(51)45-27(8-4-16-42-36(39)40)33(52)47-28(19-22-9-12-23-5-1-2-6-24(23)17-22)31(50)43-20-30(49)44-29(34(53)46-26)18-21-10-13-25(48)14-11-21;3-2(4,5)1(6)7/h1-2,5-6,9-14,17,26-29,48H,3-4,7-8,15-16,18-20H2,(H,43,50)(H,44,49)(H,45,51)(H,46,53)(H,47,52)(H4,37,38,41)(H4,39,40,42);(H,6,7). The Morgan fingerprint density at radius 1 is 0.650 bits per heavy atom. The molecule has 1 heterocycles. The molecule has 0 radical (unpaired) electrons. The van der Waals surface area contributed by atoms with Gasteiger partial charge in [-0.1, -0.05) is 54.6 Å². The molecular weight excluding hydrogens is 795 g/mol. The molecular formula is C38H48F3N11O8. The Morgan fingerprint density at radius 2 is 1.10 bits per heavy atom. The summed E-state index contributed by atoms with van der Waals surface area (Å²) in [6.07, 6.45) is -4.31. The van der Waals surface area contributed by atoms with Gasteiger partial charge in [-0.3, -0.25) is 34.0 Å². The number of nitrogens with zero attached hydrogens (tertiary/aromatic N) is 2. The Hall–Kier alpha value is -7.13. The molecule has 3 aromatic carbocycles. The summed E-state index contributed by atoms with van der Waals surface area (Å²) in [4.78, 5) is 85.3. The zero-order valence-electron chi connectivity index (χ0n) is 32.2. The Bertz CT molecular complexity index is 2040. The van der Waals surface area contributed by atoms with Crippen molar-refractivity contribution in [2.75, 3.05) is 19.6 Å². The van der Waals surface area contributed by atoms with Crippen LogP contribution in [0.25, 0.3) is 10.8 Å². The van der Waals surface area contributed by atoms with E-state index in [4.69, 9.17) is 32.8 Å². The number of carboxylic acid groups (broad SMARTS) is 1. The number of fused-ring (bicyclic) bond motifs is 1. The Kier molecular flexibility index (Phi) is 17.9. The lowest BCUT2D eigenvalue weighted by Crippen LogP contribution is -2.58. The van der Waals surface area contributed by atoms with Gasteiger partial charge in [0.1, 0.15) is 29.9 Å². The number of phenolic OH excluding ortho intramolecular Hbond substituents is 1. The molecule has 22 heteroatoms. The summed E-state index contributed by atoms with van der Waals surface area (Å²) < 4.78 is 31.7. The molecule has 3 aromatic rings. The van der Waals surface area contributed by atoms with Gasteiger partial charge in [0.15, 0.2) is 11.9 Å². The first-order valence-electron chi connectivity index (χ1n) is 18.5. The first-order valence-corrected chi connectivity index (χ1v) is 18.5. The van der Waals surface area contributed by atoms with Crippen LogP contribution < -0.4 is 49.5 Å². The third kappa shape index (κ3) is 16.4. The van der Waals surface area contributed by atoms with Crippen molar-refractivity contribution in [3.63, 3.8) is 0 Å². The van der Waals surface area contributed by atoms with Crippen LogP contribution in [-0.2, 0) is 41.6 Å². The van der Waals surface area contributed by atoms with Gasteiger partial charge < -0.3 is 59.7 Å². The lowest BCUT2D eigenvalue weighted by molar-refractivity contribution is -0.192. The number of aliphatic imine (C=N–C) groups is 2. The molecule has 0 aliphatic carbocycles. The van der Waals surface area contributed by atoms with E-state index >= 15 is 0 Å². The van der Waals surface area contributed by atoms with E-state index in [9.17, 15) is 42.3 Å². The molecule has 1 aliphatic heterocycles. The second-order valence-corrected chi connectivity index (χ2v) is 13.5. The Balaban J connectivity index is 0.00000126. The number of nitrogens with two attached hydrogens (primary N) is 4. The van der Waals surface area contributed by atoms with Crippen LogP contribution in [0.1, 0.15) is 36.8 Å². The van der Waals surface area contributed by atoms with Crippen molar-refractivity contribution < 1.29 is 52.2 Å². The second-order valence-electron chi connectivity index (χ2n) is 13.5. The van der Waals surface area contributed by atoms with Gasteiger partial charge in [0.05, 0.1) is 6.54 Å². The average molecular weight is 844 g/mol. The number of amides is 5. The minimum atomic E-state index is -5.08. The van der Waals surface area contributed by atoms with Crippen LogP contribution in [0.4, 0.5) is 13.2 Å². The number of phenols is 1. The fourth-order valence-corrected chi connectivity index (χ4v) is 5.79. The summed E-state index contributed by atoms with van der Waals surface area (Å²) in [7, 11) is 0. The monoisotopic (exact) mass is 843 g/mol. The van der Waals surface area contributed by atoms with Gasteiger partial charge in [-0.15, -0.1) is 0 Å². The first-order chi connectivity index (χ1) is 28.3. The molecule has 324 valence electrons. The number of halogens is 3. The number of aromatic hydroxyl groups is 1. The molecule has 0 aromatic heterocycles. The number of nitrogens with one attached hydrogen (secondary N) is 5. The molecule has 4 unspecified atom stereocenters. The molecule has 1 aliphatic rings. The molecule has 0 spiro atoms. The van der Waals surface area contributed by atoms with Crippen molar-refractivity contribution in [2.24, 2.45) is 32.9 Å². The van der Waals surface area contributed by atoms with Crippen molar-refractivity contribution in [1.29, 1.82) is 0 Å². The lowest BCUT2D eigenvalue weighted by Gasteiger charge is -2.26. The van der Waals surface area contributed by atoms with Crippen molar-refractivity contribution in [2.45, 2.75) is 68.9 Å². The average Bonchev–Trinajstić information content (AvgIpc) is 3.18.